The molecule has 0 bridgehead atoms. The molecule has 2 heterocycles. The van der Waals surface area contributed by atoms with Crippen LogP contribution in [0.5, 0.6) is 0 Å². The van der Waals surface area contributed by atoms with Crippen molar-refractivity contribution in [3.05, 3.63) is 77.5 Å². The molecule has 0 N–H and O–H groups in total. The van der Waals surface area contributed by atoms with Crippen LogP contribution in [0.1, 0.15) is 16.7 Å². The van der Waals surface area contributed by atoms with Gasteiger partial charge in [-0.15, -0.1) is 0 Å². The van der Waals surface area contributed by atoms with Crippen LogP contribution in [0.2, 0.25) is 0 Å². The molecule has 0 spiro atoms. The Morgan fingerprint density at radius 2 is 2.00 bits per heavy atom. The van der Waals surface area contributed by atoms with Gasteiger partial charge in [-0.25, -0.2) is 14.1 Å². The lowest BCUT2D eigenvalue weighted by Crippen LogP contribution is -2.20. The van der Waals surface area contributed by atoms with Crippen LogP contribution in [0.15, 0.2) is 55.0 Å². The highest BCUT2D eigenvalue weighted by molar-refractivity contribution is 5.35. The summed E-state index contributed by atoms with van der Waals surface area (Å²) in [6.45, 7) is 1.62. The molecular formula is C19H18FN5. The molecule has 3 aromatic rings. The van der Waals surface area contributed by atoms with Gasteiger partial charge in [0.05, 0.1) is 17.8 Å². The van der Waals surface area contributed by atoms with Crippen LogP contribution < -0.4 is 0 Å². The third-order valence-corrected chi connectivity index (χ3v) is 3.89. The van der Waals surface area contributed by atoms with Gasteiger partial charge in [0.2, 0.25) is 0 Å². The van der Waals surface area contributed by atoms with Crippen LogP contribution in [0.25, 0.3) is 5.82 Å². The Bertz CT molecular complexity index is 879. The van der Waals surface area contributed by atoms with Crippen LogP contribution in [-0.2, 0) is 13.0 Å². The molecular weight excluding hydrogens is 317 g/mol. The number of nitrogens with zero attached hydrogens (tertiary/aromatic N) is 5. The monoisotopic (exact) mass is 335 g/mol. The van der Waals surface area contributed by atoms with E-state index in [9.17, 15) is 4.39 Å². The Labute approximate surface area is 146 Å². The standard InChI is InChI=1S/C19H18FN5/c1-24(13-15-2-4-18(20)5-3-15)9-7-17-12-23-25(14-17)19-10-16(11-21)6-8-22-19/h2-6,8,10,12,14H,7,9,13H2,1H3. The topological polar surface area (TPSA) is 57.7 Å². The van der Waals surface area contributed by atoms with Crippen LogP contribution in [-0.4, -0.2) is 33.3 Å². The molecule has 6 heteroatoms. The molecule has 1 aromatic carbocycles. The first kappa shape index (κ1) is 16.8. The minimum Gasteiger partial charge on any atom is -0.302 e. The van der Waals surface area contributed by atoms with E-state index in [1.165, 1.54) is 12.1 Å². The van der Waals surface area contributed by atoms with E-state index in [4.69, 9.17) is 5.26 Å². The molecule has 126 valence electrons. The normalized spacial score (nSPS) is 10.8. The van der Waals surface area contributed by atoms with Crippen molar-refractivity contribution in [2.45, 2.75) is 13.0 Å². The second-order valence-corrected chi connectivity index (χ2v) is 5.92. The highest BCUT2D eigenvalue weighted by Crippen LogP contribution is 2.10. The number of pyridine rings is 1. The Morgan fingerprint density at radius 1 is 1.20 bits per heavy atom. The van der Waals surface area contributed by atoms with Crippen LogP contribution >= 0.6 is 0 Å². The fraction of sp³-hybridized carbons (Fsp3) is 0.211. The molecule has 0 saturated heterocycles. The average Bonchev–Trinajstić information content (AvgIpc) is 3.11. The molecule has 0 aliphatic heterocycles. The van der Waals surface area contributed by atoms with E-state index in [1.54, 1.807) is 35.1 Å². The van der Waals surface area contributed by atoms with Gasteiger partial charge in [-0.05, 0) is 42.8 Å². The third-order valence-electron chi connectivity index (χ3n) is 3.89. The van der Waals surface area contributed by atoms with Gasteiger partial charge >= 0.3 is 0 Å². The summed E-state index contributed by atoms with van der Waals surface area (Å²) in [6.07, 6.45) is 6.18. The molecule has 0 unspecified atom stereocenters. The van der Waals surface area contributed by atoms with Gasteiger partial charge in [-0.1, -0.05) is 12.1 Å². The molecule has 0 fully saturated rings. The Morgan fingerprint density at radius 3 is 2.76 bits per heavy atom. The summed E-state index contributed by atoms with van der Waals surface area (Å²) < 4.78 is 14.6. The number of rotatable bonds is 6. The quantitative estimate of drug-likeness (QED) is 0.695. The number of benzene rings is 1. The minimum atomic E-state index is -0.215. The Balaban J connectivity index is 1.58. The van der Waals surface area contributed by atoms with E-state index >= 15 is 0 Å². The molecule has 0 aliphatic carbocycles. The molecule has 0 atom stereocenters. The van der Waals surface area contributed by atoms with Crippen molar-refractivity contribution in [3.63, 3.8) is 0 Å². The number of aromatic nitrogens is 3. The minimum absolute atomic E-state index is 0.215. The molecule has 3 rings (SSSR count). The van der Waals surface area contributed by atoms with Crippen molar-refractivity contribution in [2.24, 2.45) is 0 Å². The molecule has 0 aliphatic rings. The Kier molecular flexibility index (Phi) is 5.17. The van der Waals surface area contributed by atoms with E-state index in [-0.39, 0.29) is 5.82 Å². The molecule has 2 aromatic heterocycles. The summed E-state index contributed by atoms with van der Waals surface area (Å²) >= 11 is 0. The highest BCUT2D eigenvalue weighted by atomic mass is 19.1. The molecule has 5 nitrogen and oxygen atoms in total. The van der Waals surface area contributed by atoms with Crippen molar-refractivity contribution in [1.82, 2.24) is 19.7 Å². The smallest absolute Gasteiger partial charge is 0.154 e. The average molecular weight is 335 g/mol. The van der Waals surface area contributed by atoms with Crippen LogP contribution in [0, 0.1) is 17.1 Å². The summed E-state index contributed by atoms with van der Waals surface area (Å²) in [5.41, 5.74) is 2.73. The van der Waals surface area contributed by atoms with Crippen molar-refractivity contribution >= 4 is 0 Å². The van der Waals surface area contributed by atoms with Gasteiger partial charge in [-0.3, -0.25) is 0 Å². The lowest BCUT2D eigenvalue weighted by atomic mass is 10.2. The molecule has 0 amide bonds. The zero-order valence-corrected chi connectivity index (χ0v) is 13.9. The van der Waals surface area contributed by atoms with Crippen LogP contribution in [0.3, 0.4) is 0 Å². The maximum atomic E-state index is 12.9. The van der Waals surface area contributed by atoms with Gasteiger partial charge in [0.1, 0.15) is 5.82 Å². The lowest BCUT2D eigenvalue weighted by molar-refractivity contribution is 0.331. The first-order valence-electron chi connectivity index (χ1n) is 7.97. The second-order valence-electron chi connectivity index (χ2n) is 5.92. The Hall–Kier alpha value is -3.04. The summed E-state index contributed by atoms with van der Waals surface area (Å²) in [7, 11) is 2.03. The number of hydrogen-bond acceptors (Lipinski definition) is 4. The number of nitriles is 1. The van der Waals surface area contributed by atoms with Gasteiger partial charge < -0.3 is 4.90 Å². The largest absolute Gasteiger partial charge is 0.302 e. The van der Waals surface area contributed by atoms with Crippen LogP contribution in [0.4, 0.5) is 4.39 Å². The van der Waals surface area contributed by atoms with Crippen molar-refractivity contribution in [1.29, 1.82) is 5.26 Å². The van der Waals surface area contributed by atoms with Gasteiger partial charge in [0.15, 0.2) is 5.82 Å². The second kappa shape index (κ2) is 7.69. The van der Waals surface area contributed by atoms with Gasteiger partial charge in [-0.2, -0.15) is 10.4 Å². The van der Waals surface area contributed by atoms with E-state index in [1.807, 2.05) is 19.4 Å². The SMILES string of the molecule is CN(CCc1cnn(-c2cc(C#N)ccn2)c1)Cc1ccc(F)cc1. The van der Waals surface area contributed by atoms with Crippen molar-refractivity contribution in [3.8, 4) is 11.9 Å². The maximum absolute atomic E-state index is 12.9. The van der Waals surface area contributed by atoms with Gasteiger partial charge in [0.25, 0.3) is 0 Å². The van der Waals surface area contributed by atoms with E-state index in [0.717, 1.165) is 30.6 Å². The summed E-state index contributed by atoms with van der Waals surface area (Å²) in [5, 5.41) is 13.3. The summed E-state index contributed by atoms with van der Waals surface area (Å²) in [4.78, 5) is 6.42. The van der Waals surface area contributed by atoms with Crippen molar-refractivity contribution < 1.29 is 4.39 Å². The third kappa shape index (κ3) is 4.49. The zero-order chi connectivity index (χ0) is 17.6. The first-order valence-corrected chi connectivity index (χ1v) is 7.97. The zero-order valence-electron chi connectivity index (χ0n) is 13.9. The number of likely N-dealkylation sites (N-methyl/N-ethyl adjacent to an activating group) is 1. The predicted octanol–water partition coefficient (Wildman–Crippen LogP) is 2.95. The summed E-state index contributed by atoms with van der Waals surface area (Å²) in [6, 6.07) is 12.0. The van der Waals surface area contributed by atoms with E-state index in [0.29, 0.717) is 11.4 Å². The van der Waals surface area contributed by atoms with Gasteiger partial charge in [0, 0.05) is 31.5 Å². The number of hydrogen-bond donors (Lipinski definition) is 0. The fourth-order valence-electron chi connectivity index (χ4n) is 2.53. The van der Waals surface area contributed by atoms with Crippen molar-refractivity contribution in [2.75, 3.05) is 13.6 Å². The van der Waals surface area contributed by atoms with E-state index < -0.39 is 0 Å². The maximum Gasteiger partial charge on any atom is 0.154 e. The fourth-order valence-corrected chi connectivity index (χ4v) is 2.53. The first-order chi connectivity index (χ1) is 12.1. The molecule has 0 radical (unpaired) electrons. The molecule has 25 heavy (non-hydrogen) atoms. The summed E-state index contributed by atoms with van der Waals surface area (Å²) in [5.74, 6) is 0.415. The number of halogens is 1. The predicted molar refractivity (Wildman–Crippen MR) is 92.5 cm³/mol. The lowest BCUT2D eigenvalue weighted by Gasteiger charge is -2.16. The molecule has 0 saturated carbocycles. The highest BCUT2D eigenvalue weighted by Gasteiger charge is 2.06. The van der Waals surface area contributed by atoms with E-state index in [2.05, 4.69) is 21.1 Å².